The highest BCUT2D eigenvalue weighted by molar-refractivity contribution is 5.79. The Morgan fingerprint density at radius 1 is 1.10 bits per heavy atom. The molecule has 120 valence electrons. The molecule has 4 heteroatoms. The summed E-state index contributed by atoms with van der Waals surface area (Å²) < 4.78 is 0. The Morgan fingerprint density at radius 2 is 1.76 bits per heavy atom. The number of nitrogens with two attached hydrogens (primary N) is 1. The van der Waals surface area contributed by atoms with E-state index in [0.29, 0.717) is 24.0 Å². The van der Waals surface area contributed by atoms with Crippen LogP contribution in [-0.2, 0) is 4.79 Å². The predicted molar refractivity (Wildman–Crippen MR) is 84.8 cm³/mol. The molecule has 0 aromatic heterocycles. The topological polar surface area (TPSA) is 58.4 Å². The lowest BCUT2D eigenvalue weighted by atomic mass is 9.78. The van der Waals surface area contributed by atoms with Gasteiger partial charge in [0.25, 0.3) is 0 Å². The van der Waals surface area contributed by atoms with E-state index in [9.17, 15) is 4.79 Å². The first-order valence-corrected chi connectivity index (χ1v) is 8.80. The van der Waals surface area contributed by atoms with Crippen molar-refractivity contribution in [3.63, 3.8) is 0 Å². The number of amides is 1. The monoisotopic (exact) mass is 293 g/mol. The maximum atomic E-state index is 12.6. The van der Waals surface area contributed by atoms with Crippen LogP contribution in [0.25, 0.3) is 0 Å². The fraction of sp³-hybridized carbons (Fsp3) is 0.941. The SMILES string of the molecule is CC1CC(N)CC(C(=O)NC2CC3CCCC(C2)N3C)C1. The van der Waals surface area contributed by atoms with E-state index in [1.807, 2.05) is 0 Å². The van der Waals surface area contributed by atoms with E-state index in [-0.39, 0.29) is 17.9 Å². The van der Waals surface area contributed by atoms with Crippen molar-refractivity contribution in [3.05, 3.63) is 0 Å². The van der Waals surface area contributed by atoms with E-state index in [2.05, 4.69) is 24.2 Å². The van der Waals surface area contributed by atoms with Gasteiger partial charge in [-0.05, 0) is 57.9 Å². The lowest BCUT2D eigenvalue weighted by Crippen LogP contribution is -2.56. The molecule has 0 aromatic carbocycles. The number of carbonyl (C=O) groups is 1. The molecule has 3 N–H and O–H groups in total. The Hall–Kier alpha value is -0.610. The highest BCUT2D eigenvalue weighted by Gasteiger charge is 2.37. The predicted octanol–water partition coefficient (Wildman–Crippen LogP) is 1.88. The largest absolute Gasteiger partial charge is 0.353 e. The second-order valence-corrected chi connectivity index (χ2v) is 7.85. The number of hydrogen-bond donors (Lipinski definition) is 2. The molecule has 1 saturated carbocycles. The van der Waals surface area contributed by atoms with Crippen LogP contribution < -0.4 is 11.1 Å². The number of carbonyl (C=O) groups excluding carboxylic acids is 1. The van der Waals surface area contributed by atoms with Crippen LogP contribution in [0, 0.1) is 11.8 Å². The number of nitrogens with one attached hydrogen (secondary N) is 1. The fourth-order valence-corrected chi connectivity index (χ4v) is 4.92. The van der Waals surface area contributed by atoms with E-state index < -0.39 is 0 Å². The van der Waals surface area contributed by atoms with Crippen molar-refractivity contribution < 1.29 is 4.79 Å². The van der Waals surface area contributed by atoms with E-state index in [1.54, 1.807) is 0 Å². The third-order valence-corrected chi connectivity index (χ3v) is 6.04. The van der Waals surface area contributed by atoms with Crippen molar-refractivity contribution in [2.45, 2.75) is 82.5 Å². The van der Waals surface area contributed by atoms with Crippen LogP contribution in [0.2, 0.25) is 0 Å². The molecule has 4 nitrogen and oxygen atoms in total. The number of rotatable bonds is 2. The summed E-state index contributed by atoms with van der Waals surface area (Å²) in [6, 6.07) is 1.95. The first kappa shape index (κ1) is 15.3. The Bertz CT molecular complexity index is 362. The summed E-state index contributed by atoms with van der Waals surface area (Å²) >= 11 is 0. The van der Waals surface area contributed by atoms with Gasteiger partial charge in [0.1, 0.15) is 0 Å². The molecule has 1 amide bonds. The van der Waals surface area contributed by atoms with Crippen LogP contribution in [0.15, 0.2) is 0 Å². The smallest absolute Gasteiger partial charge is 0.223 e. The summed E-state index contributed by atoms with van der Waals surface area (Å²) in [6.07, 6.45) is 9.17. The van der Waals surface area contributed by atoms with Crippen LogP contribution in [0.1, 0.15) is 58.3 Å². The molecule has 2 bridgehead atoms. The van der Waals surface area contributed by atoms with E-state index >= 15 is 0 Å². The molecule has 2 heterocycles. The van der Waals surface area contributed by atoms with Gasteiger partial charge >= 0.3 is 0 Å². The quantitative estimate of drug-likeness (QED) is 0.817. The third-order valence-electron chi connectivity index (χ3n) is 6.04. The first-order chi connectivity index (χ1) is 10.0. The minimum absolute atomic E-state index is 0.142. The molecule has 3 fully saturated rings. The van der Waals surface area contributed by atoms with Crippen LogP contribution >= 0.6 is 0 Å². The highest BCUT2D eigenvalue weighted by atomic mass is 16.1. The number of nitrogens with zero attached hydrogens (tertiary/aromatic N) is 1. The summed E-state index contributed by atoms with van der Waals surface area (Å²) in [7, 11) is 2.26. The normalized spacial score (nSPS) is 44.3. The van der Waals surface area contributed by atoms with Crippen LogP contribution in [-0.4, -0.2) is 42.0 Å². The van der Waals surface area contributed by atoms with Gasteiger partial charge in [0.15, 0.2) is 0 Å². The molecule has 3 rings (SSSR count). The van der Waals surface area contributed by atoms with Gasteiger partial charge in [-0.3, -0.25) is 4.79 Å². The molecule has 0 spiro atoms. The first-order valence-electron chi connectivity index (χ1n) is 8.80. The highest BCUT2D eigenvalue weighted by Crippen LogP contribution is 2.33. The standard InChI is InChI=1S/C17H31N3O/c1-11-6-12(8-13(18)7-11)17(21)19-14-9-15-4-3-5-16(10-14)20(15)2/h11-16H,3-10,18H2,1-2H3,(H,19,21). The summed E-state index contributed by atoms with van der Waals surface area (Å²) in [5.41, 5.74) is 6.09. The van der Waals surface area contributed by atoms with E-state index in [4.69, 9.17) is 5.73 Å². The van der Waals surface area contributed by atoms with Crippen molar-refractivity contribution in [2.75, 3.05) is 7.05 Å². The zero-order valence-corrected chi connectivity index (χ0v) is 13.6. The zero-order chi connectivity index (χ0) is 15.0. The van der Waals surface area contributed by atoms with Gasteiger partial charge < -0.3 is 16.0 Å². The minimum Gasteiger partial charge on any atom is -0.353 e. The van der Waals surface area contributed by atoms with Crippen LogP contribution in [0.4, 0.5) is 0 Å². The van der Waals surface area contributed by atoms with Gasteiger partial charge in [-0.15, -0.1) is 0 Å². The second kappa shape index (κ2) is 6.25. The molecule has 21 heavy (non-hydrogen) atoms. The van der Waals surface area contributed by atoms with Crippen molar-refractivity contribution in [2.24, 2.45) is 17.6 Å². The molecular formula is C17H31N3O. The molecule has 2 aliphatic heterocycles. The molecule has 5 unspecified atom stereocenters. The summed E-state index contributed by atoms with van der Waals surface area (Å²) in [5.74, 6) is 0.995. The van der Waals surface area contributed by atoms with Gasteiger partial charge in [0.2, 0.25) is 5.91 Å². The van der Waals surface area contributed by atoms with Crippen molar-refractivity contribution in [1.82, 2.24) is 10.2 Å². The number of fused-ring (bicyclic) bond motifs is 2. The van der Waals surface area contributed by atoms with Gasteiger partial charge in [-0.2, -0.15) is 0 Å². The summed E-state index contributed by atoms with van der Waals surface area (Å²) in [4.78, 5) is 15.1. The van der Waals surface area contributed by atoms with Crippen molar-refractivity contribution >= 4 is 5.91 Å². The van der Waals surface area contributed by atoms with Gasteiger partial charge in [-0.1, -0.05) is 13.3 Å². The number of piperidine rings is 2. The lowest BCUT2D eigenvalue weighted by molar-refractivity contribution is -0.128. The lowest BCUT2D eigenvalue weighted by Gasteiger charge is -2.47. The zero-order valence-electron chi connectivity index (χ0n) is 13.6. The second-order valence-electron chi connectivity index (χ2n) is 7.85. The molecular weight excluding hydrogens is 262 g/mol. The van der Waals surface area contributed by atoms with Crippen molar-refractivity contribution in [3.8, 4) is 0 Å². The molecule has 2 saturated heterocycles. The molecule has 0 aromatic rings. The molecule has 3 aliphatic rings. The van der Waals surface area contributed by atoms with Gasteiger partial charge in [0.05, 0.1) is 0 Å². The van der Waals surface area contributed by atoms with E-state index in [0.717, 1.165) is 32.1 Å². The van der Waals surface area contributed by atoms with E-state index in [1.165, 1.54) is 19.3 Å². The maximum absolute atomic E-state index is 12.6. The minimum atomic E-state index is 0.142. The molecule has 1 aliphatic carbocycles. The molecule has 5 atom stereocenters. The Balaban J connectivity index is 1.55. The summed E-state index contributed by atoms with van der Waals surface area (Å²) in [6.45, 7) is 2.22. The van der Waals surface area contributed by atoms with Crippen LogP contribution in [0.5, 0.6) is 0 Å². The average molecular weight is 293 g/mol. The fourth-order valence-electron chi connectivity index (χ4n) is 4.92. The molecule has 0 radical (unpaired) electrons. The Kier molecular flexibility index (Phi) is 4.55. The Morgan fingerprint density at radius 3 is 2.38 bits per heavy atom. The summed E-state index contributed by atoms with van der Waals surface area (Å²) in [5, 5.41) is 3.36. The maximum Gasteiger partial charge on any atom is 0.223 e. The third kappa shape index (κ3) is 3.42. The average Bonchev–Trinajstić information content (AvgIpc) is 2.38. The van der Waals surface area contributed by atoms with Gasteiger partial charge in [0, 0.05) is 30.1 Å². The number of hydrogen-bond acceptors (Lipinski definition) is 3. The van der Waals surface area contributed by atoms with Gasteiger partial charge in [-0.25, -0.2) is 0 Å². The Labute approximate surface area is 128 Å². The van der Waals surface area contributed by atoms with Crippen LogP contribution in [0.3, 0.4) is 0 Å². The van der Waals surface area contributed by atoms with Crippen molar-refractivity contribution in [1.29, 1.82) is 0 Å².